The van der Waals surface area contributed by atoms with Crippen LogP contribution in [0.25, 0.3) is 17.4 Å². The van der Waals surface area contributed by atoms with Gasteiger partial charge in [0, 0.05) is 6.07 Å². The number of non-ortho nitro benzene ring substituents is 1. The Hall–Kier alpha value is -4.73. The van der Waals surface area contributed by atoms with E-state index in [0.29, 0.717) is 34.1 Å². The Labute approximate surface area is 187 Å². The molecule has 1 amide bonds. The largest absolute Gasteiger partial charge is 0.496 e. The number of amides is 1. The van der Waals surface area contributed by atoms with Gasteiger partial charge in [0.1, 0.15) is 17.3 Å². The summed E-state index contributed by atoms with van der Waals surface area (Å²) in [6.07, 6.45) is 1.55. The Morgan fingerprint density at radius 3 is 2.55 bits per heavy atom. The molecule has 4 rings (SSSR count). The molecule has 1 aromatic heterocycles. The highest BCUT2D eigenvalue weighted by atomic mass is 16.6. The van der Waals surface area contributed by atoms with Crippen LogP contribution in [-0.2, 0) is 4.79 Å². The molecule has 33 heavy (non-hydrogen) atoms. The van der Waals surface area contributed by atoms with Crippen molar-refractivity contribution >= 4 is 35.0 Å². The zero-order valence-electron chi connectivity index (χ0n) is 17.5. The summed E-state index contributed by atoms with van der Waals surface area (Å²) in [5, 5.41) is 25.5. The van der Waals surface area contributed by atoms with Crippen LogP contribution in [0.1, 0.15) is 23.0 Å². The van der Waals surface area contributed by atoms with E-state index in [4.69, 9.17) is 14.3 Å². The van der Waals surface area contributed by atoms with Crippen LogP contribution in [0.3, 0.4) is 0 Å². The topological polar surface area (TPSA) is 135 Å². The average Bonchev–Trinajstić information content (AvgIpc) is 3.38. The maximum Gasteiger partial charge on any atom is 0.335 e. The lowest BCUT2D eigenvalue weighted by atomic mass is 10.1. The molecule has 2 heterocycles. The lowest BCUT2D eigenvalue weighted by Crippen LogP contribution is -2.21. The van der Waals surface area contributed by atoms with Crippen LogP contribution in [0.15, 0.2) is 69.7 Å². The van der Waals surface area contributed by atoms with E-state index in [1.54, 1.807) is 25.1 Å². The molecule has 2 aromatic carbocycles. The lowest BCUT2D eigenvalue weighted by molar-refractivity contribution is -0.384. The van der Waals surface area contributed by atoms with Gasteiger partial charge >= 0.3 is 5.97 Å². The van der Waals surface area contributed by atoms with Crippen LogP contribution < -0.4 is 9.75 Å². The van der Waals surface area contributed by atoms with Crippen molar-refractivity contribution in [1.29, 1.82) is 0 Å². The normalized spacial score (nSPS) is 14.5. The number of benzene rings is 2. The number of nitrogens with zero attached hydrogens (tertiary/aromatic N) is 3. The van der Waals surface area contributed by atoms with Crippen molar-refractivity contribution in [1.82, 2.24) is 0 Å². The van der Waals surface area contributed by atoms with Gasteiger partial charge in [0.25, 0.3) is 11.6 Å². The molecule has 1 N–H and O–H groups in total. The highest BCUT2D eigenvalue weighted by Gasteiger charge is 2.29. The van der Waals surface area contributed by atoms with Gasteiger partial charge in [-0.05, 0) is 55.5 Å². The van der Waals surface area contributed by atoms with Crippen molar-refractivity contribution in [3.8, 4) is 17.1 Å². The maximum atomic E-state index is 12.9. The minimum Gasteiger partial charge on any atom is -0.496 e. The van der Waals surface area contributed by atoms with Crippen LogP contribution in [-0.4, -0.2) is 34.7 Å². The van der Waals surface area contributed by atoms with Crippen LogP contribution in [0.2, 0.25) is 0 Å². The van der Waals surface area contributed by atoms with Crippen LogP contribution in [0.4, 0.5) is 11.4 Å². The van der Waals surface area contributed by atoms with Crippen LogP contribution >= 0.6 is 0 Å². The summed E-state index contributed by atoms with van der Waals surface area (Å²) < 4.78 is 11.1. The number of methoxy groups -OCH3 is 1. The first kappa shape index (κ1) is 21.5. The third-order valence-corrected chi connectivity index (χ3v) is 5.00. The summed E-state index contributed by atoms with van der Waals surface area (Å²) in [6.45, 7) is 1.68. The van der Waals surface area contributed by atoms with Crippen molar-refractivity contribution in [3.05, 3.63) is 81.6 Å². The summed E-state index contributed by atoms with van der Waals surface area (Å²) in [7, 11) is 1.41. The monoisotopic (exact) mass is 447 g/mol. The molecule has 0 spiro atoms. The molecule has 1 aliphatic heterocycles. The number of carboxylic acids is 1. The van der Waals surface area contributed by atoms with E-state index in [0.717, 1.165) is 0 Å². The Balaban J connectivity index is 1.61. The quantitative estimate of drug-likeness (QED) is 0.337. The first-order chi connectivity index (χ1) is 15.8. The first-order valence-corrected chi connectivity index (χ1v) is 9.66. The molecule has 1 aliphatic rings. The number of carbonyl (C=O) groups is 2. The molecular formula is C23H17N3O7. The van der Waals surface area contributed by atoms with E-state index >= 15 is 0 Å². The van der Waals surface area contributed by atoms with Crippen molar-refractivity contribution in [2.75, 3.05) is 12.1 Å². The minimum absolute atomic E-state index is 0.103. The molecule has 3 aromatic rings. The lowest BCUT2D eigenvalue weighted by Gasteiger charge is -2.11. The van der Waals surface area contributed by atoms with Gasteiger partial charge in [0.05, 0.1) is 46.2 Å². The first-order valence-electron chi connectivity index (χ1n) is 9.66. The predicted octanol–water partition coefficient (Wildman–Crippen LogP) is 4.37. The van der Waals surface area contributed by atoms with Gasteiger partial charge in [-0.15, -0.1) is 0 Å². The molecule has 0 radical (unpaired) electrons. The number of nitro groups is 1. The number of aromatic carboxylic acids is 1. The predicted molar refractivity (Wildman–Crippen MR) is 119 cm³/mol. The van der Waals surface area contributed by atoms with E-state index in [2.05, 4.69) is 5.10 Å². The molecule has 0 fully saturated rings. The van der Waals surface area contributed by atoms with Crippen molar-refractivity contribution < 1.29 is 28.8 Å². The molecule has 0 atom stereocenters. The van der Waals surface area contributed by atoms with Crippen molar-refractivity contribution in [2.24, 2.45) is 5.10 Å². The molecule has 0 aliphatic carbocycles. The number of furan rings is 1. The van der Waals surface area contributed by atoms with Gasteiger partial charge in [-0.3, -0.25) is 14.9 Å². The summed E-state index contributed by atoms with van der Waals surface area (Å²) in [4.78, 5) is 34.4. The van der Waals surface area contributed by atoms with E-state index in [1.807, 2.05) is 0 Å². The molecule has 10 heteroatoms. The molecule has 0 unspecified atom stereocenters. The van der Waals surface area contributed by atoms with E-state index in [-0.39, 0.29) is 22.9 Å². The third-order valence-electron chi connectivity index (χ3n) is 5.00. The second kappa shape index (κ2) is 8.42. The van der Waals surface area contributed by atoms with E-state index in [1.165, 1.54) is 54.6 Å². The van der Waals surface area contributed by atoms with E-state index in [9.17, 15) is 19.7 Å². The smallest absolute Gasteiger partial charge is 0.335 e. The zero-order valence-corrected chi connectivity index (χ0v) is 17.5. The Kier molecular flexibility index (Phi) is 5.49. The van der Waals surface area contributed by atoms with Gasteiger partial charge in [-0.1, -0.05) is 0 Å². The van der Waals surface area contributed by atoms with Gasteiger partial charge in [-0.25, -0.2) is 4.79 Å². The van der Waals surface area contributed by atoms with Crippen molar-refractivity contribution in [3.63, 3.8) is 0 Å². The maximum absolute atomic E-state index is 12.9. The van der Waals surface area contributed by atoms with Crippen LogP contribution in [0.5, 0.6) is 5.75 Å². The van der Waals surface area contributed by atoms with Gasteiger partial charge in [-0.2, -0.15) is 10.1 Å². The fourth-order valence-corrected chi connectivity index (χ4v) is 3.32. The average molecular weight is 447 g/mol. The van der Waals surface area contributed by atoms with Gasteiger partial charge < -0.3 is 14.3 Å². The number of nitro benzene ring substituents is 1. The summed E-state index contributed by atoms with van der Waals surface area (Å²) in [5.74, 6) is -0.376. The summed E-state index contributed by atoms with van der Waals surface area (Å²) in [6, 6.07) is 13.3. The molecule has 166 valence electrons. The number of anilines is 1. The van der Waals surface area contributed by atoms with Gasteiger partial charge in [0.15, 0.2) is 0 Å². The summed E-state index contributed by atoms with van der Waals surface area (Å²) >= 11 is 0. The molecule has 10 nitrogen and oxygen atoms in total. The SMILES string of the molecule is COc1cc([N+](=O)[O-])ccc1-c1ccc(C=C2C(=O)N(c3ccc(C(=O)O)cc3)N=C2C)o1. The van der Waals surface area contributed by atoms with Gasteiger partial charge in [0.2, 0.25) is 0 Å². The Morgan fingerprint density at radius 2 is 1.91 bits per heavy atom. The second-order valence-corrected chi connectivity index (χ2v) is 7.06. The number of carboxylic acid groups (broad SMARTS) is 1. The fourth-order valence-electron chi connectivity index (χ4n) is 3.32. The second-order valence-electron chi connectivity index (χ2n) is 7.06. The van der Waals surface area contributed by atoms with Crippen molar-refractivity contribution in [2.45, 2.75) is 6.92 Å². The minimum atomic E-state index is -1.06. The zero-order chi connectivity index (χ0) is 23.7. The molecular weight excluding hydrogens is 430 g/mol. The number of hydrogen-bond acceptors (Lipinski definition) is 7. The number of rotatable bonds is 6. The molecule has 0 saturated heterocycles. The fraction of sp³-hybridized carbons (Fsp3) is 0.0870. The number of ether oxygens (including phenoxy) is 1. The standard InChI is InChI=1S/C23H17N3O7/c1-13-19(22(27)25(24-13)15-5-3-14(4-6-15)23(28)29)12-17-8-10-20(33-17)18-9-7-16(26(30)31)11-21(18)32-2/h3-12H,1-2H3,(H,28,29). The number of carbonyl (C=O) groups excluding carboxylic acids is 1. The molecule has 0 bridgehead atoms. The third kappa shape index (κ3) is 4.09. The Morgan fingerprint density at radius 1 is 1.18 bits per heavy atom. The highest BCUT2D eigenvalue weighted by Crippen LogP contribution is 2.35. The molecule has 0 saturated carbocycles. The highest BCUT2D eigenvalue weighted by molar-refractivity contribution is 6.32. The Bertz CT molecular complexity index is 1340. The summed E-state index contributed by atoms with van der Waals surface area (Å²) in [5.41, 5.74) is 1.73. The van der Waals surface area contributed by atoms with E-state index < -0.39 is 10.9 Å². The number of hydrogen-bond donors (Lipinski definition) is 1. The number of hydrazone groups is 1. The van der Waals surface area contributed by atoms with Crippen LogP contribution in [0, 0.1) is 10.1 Å².